The molecule has 1 amide bonds. The van der Waals surface area contributed by atoms with Gasteiger partial charge in [0, 0.05) is 23.3 Å². The lowest BCUT2D eigenvalue weighted by Gasteiger charge is -2.20. The Balaban J connectivity index is 2.20. The number of benzene rings is 1. The molecule has 5 nitrogen and oxygen atoms in total. The van der Waals surface area contributed by atoms with Crippen molar-refractivity contribution in [1.29, 1.82) is 0 Å². The molecule has 106 valence electrons. The molecule has 0 saturated heterocycles. The number of hydrogen-bond acceptors (Lipinski definition) is 3. The Bertz CT molecular complexity index is 621. The number of nitrogens with one attached hydrogen (secondary N) is 1. The average molecular weight is 293 g/mol. The summed E-state index contributed by atoms with van der Waals surface area (Å²) in [7, 11) is 0. The van der Waals surface area contributed by atoms with E-state index in [1.165, 1.54) is 0 Å². The first-order valence-corrected chi connectivity index (χ1v) is 6.60. The molecule has 2 rings (SSSR count). The largest absolute Gasteiger partial charge is 0.306 e. The summed E-state index contributed by atoms with van der Waals surface area (Å²) in [4.78, 5) is 16.0. The van der Waals surface area contributed by atoms with Gasteiger partial charge in [0.2, 0.25) is 5.91 Å². The van der Waals surface area contributed by atoms with Gasteiger partial charge in [-0.1, -0.05) is 31.5 Å². The monoisotopic (exact) mass is 292 g/mol. The molecule has 0 bridgehead atoms. The van der Waals surface area contributed by atoms with Gasteiger partial charge < -0.3 is 4.57 Å². The fourth-order valence-electron chi connectivity index (χ4n) is 1.96. The van der Waals surface area contributed by atoms with Gasteiger partial charge in [0.25, 0.3) is 0 Å². The highest BCUT2D eigenvalue weighted by Gasteiger charge is 2.28. The van der Waals surface area contributed by atoms with Crippen molar-refractivity contribution in [2.45, 2.75) is 20.3 Å². The van der Waals surface area contributed by atoms with Crippen molar-refractivity contribution in [3.63, 3.8) is 0 Å². The van der Waals surface area contributed by atoms with Crippen LogP contribution in [-0.4, -0.2) is 15.5 Å². The third-order valence-corrected chi connectivity index (χ3v) is 3.35. The molecule has 1 aromatic carbocycles. The van der Waals surface area contributed by atoms with Crippen molar-refractivity contribution in [2.24, 2.45) is 11.3 Å². The molecule has 0 saturated carbocycles. The first kappa shape index (κ1) is 14.6. The standard InChI is InChI=1S/C14H17ClN4O/c1-14(2,13(20)18-16)7-11-8-19(9-17-11)12-5-3-4-10(15)6-12/h3-6,8-9H,7,16H2,1-2H3,(H,18,20). The van der Waals surface area contributed by atoms with Gasteiger partial charge in [-0.25, -0.2) is 10.8 Å². The number of nitrogens with two attached hydrogens (primary N) is 1. The van der Waals surface area contributed by atoms with Crippen molar-refractivity contribution in [3.05, 3.63) is 47.5 Å². The van der Waals surface area contributed by atoms with E-state index < -0.39 is 5.41 Å². The number of hydrazine groups is 1. The second-order valence-corrected chi connectivity index (χ2v) is 5.72. The van der Waals surface area contributed by atoms with Crippen LogP contribution >= 0.6 is 11.6 Å². The molecule has 20 heavy (non-hydrogen) atoms. The maximum Gasteiger partial charge on any atom is 0.239 e. The molecule has 0 aliphatic carbocycles. The predicted molar refractivity (Wildman–Crippen MR) is 78.4 cm³/mol. The molecule has 6 heteroatoms. The predicted octanol–water partition coefficient (Wildman–Crippen LogP) is 2.08. The van der Waals surface area contributed by atoms with Crippen molar-refractivity contribution in [3.8, 4) is 5.69 Å². The van der Waals surface area contributed by atoms with E-state index in [9.17, 15) is 4.79 Å². The van der Waals surface area contributed by atoms with E-state index >= 15 is 0 Å². The second-order valence-electron chi connectivity index (χ2n) is 5.29. The van der Waals surface area contributed by atoms with E-state index in [4.69, 9.17) is 17.4 Å². The van der Waals surface area contributed by atoms with Gasteiger partial charge in [-0.15, -0.1) is 0 Å². The molecule has 1 heterocycles. The lowest BCUT2D eigenvalue weighted by molar-refractivity contribution is -0.129. The van der Waals surface area contributed by atoms with E-state index in [2.05, 4.69) is 10.4 Å². The topological polar surface area (TPSA) is 72.9 Å². The number of imidazole rings is 1. The molecule has 0 fully saturated rings. The molecule has 0 atom stereocenters. The van der Waals surface area contributed by atoms with Gasteiger partial charge in [0.1, 0.15) is 0 Å². The Morgan fingerprint density at radius 3 is 2.90 bits per heavy atom. The van der Waals surface area contributed by atoms with Crippen molar-refractivity contribution < 1.29 is 4.79 Å². The lowest BCUT2D eigenvalue weighted by atomic mass is 9.87. The summed E-state index contributed by atoms with van der Waals surface area (Å²) in [5.41, 5.74) is 3.32. The zero-order valence-electron chi connectivity index (χ0n) is 11.4. The number of aromatic nitrogens is 2. The zero-order chi connectivity index (χ0) is 14.8. The molecule has 0 spiro atoms. The Morgan fingerprint density at radius 1 is 1.50 bits per heavy atom. The van der Waals surface area contributed by atoms with Gasteiger partial charge in [-0.2, -0.15) is 0 Å². The highest BCUT2D eigenvalue weighted by atomic mass is 35.5. The van der Waals surface area contributed by atoms with Crippen LogP contribution in [-0.2, 0) is 11.2 Å². The summed E-state index contributed by atoms with van der Waals surface area (Å²) in [5.74, 6) is 4.97. The summed E-state index contributed by atoms with van der Waals surface area (Å²) in [5, 5.41) is 0.667. The first-order valence-electron chi connectivity index (χ1n) is 6.22. The van der Waals surface area contributed by atoms with Crippen LogP contribution in [0.15, 0.2) is 36.8 Å². The number of nitrogens with zero attached hydrogens (tertiary/aromatic N) is 2. The van der Waals surface area contributed by atoms with Crippen LogP contribution in [0, 0.1) is 5.41 Å². The number of halogens is 1. The molecule has 3 N–H and O–H groups in total. The summed E-state index contributed by atoms with van der Waals surface area (Å²) in [6.45, 7) is 3.65. The van der Waals surface area contributed by atoms with Crippen LogP contribution in [0.1, 0.15) is 19.5 Å². The summed E-state index contributed by atoms with van der Waals surface area (Å²) < 4.78 is 1.87. The van der Waals surface area contributed by atoms with E-state index in [-0.39, 0.29) is 5.91 Å². The average Bonchev–Trinajstić information content (AvgIpc) is 2.85. The van der Waals surface area contributed by atoms with Crippen molar-refractivity contribution >= 4 is 17.5 Å². The minimum absolute atomic E-state index is 0.213. The minimum atomic E-state index is -0.609. The molecule has 0 aliphatic heterocycles. The van der Waals surface area contributed by atoms with E-state index in [1.54, 1.807) is 6.33 Å². The highest BCUT2D eigenvalue weighted by Crippen LogP contribution is 2.22. The molecule has 2 aromatic rings. The smallest absolute Gasteiger partial charge is 0.239 e. The summed E-state index contributed by atoms with van der Waals surface area (Å²) >= 11 is 5.97. The quantitative estimate of drug-likeness (QED) is 0.515. The van der Waals surface area contributed by atoms with Crippen LogP contribution in [0.4, 0.5) is 0 Å². The molecular formula is C14H17ClN4O. The fraction of sp³-hybridized carbons (Fsp3) is 0.286. The Kier molecular flexibility index (Phi) is 4.11. The summed E-state index contributed by atoms with van der Waals surface area (Å²) in [6.07, 6.45) is 4.10. The molecule has 0 aliphatic rings. The fourth-order valence-corrected chi connectivity index (χ4v) is 2.15. The number of amides is 1. The van der Waals surface area contributed by atoms with E-state index in [0.29, 0.717) is 11.4 Å². The second kappa shape index (κ2) is 5.64. The van der Waals surface area contributed by atoms with Crippen LogP contribution < -0.4 is 11.3 Å². The number of carbonyl (C=O) groups is 1. The van der Waals surface area contributed by atoms with Gasteiger partial charge in [-0.05, 0) is 18.2 Å². The van der Waals surface area contributed by atoms with Gasteiger partial charge in [0.15, 0.2) is 0 Å². The Morgan fingerprint density at radius 2 is 2.25 bits per heavy atom. The minimum Gasteiger partial charge on any atom is -0.306 e. The normalized spacial score (nSPS) is 11.4. The van der Waals surface area contributed by atoms with Gasteiger partial charge in [-0.3, -0.25) is 10.2 Å². The molecule has 1 aromatic heterocycles. The Hall–Kier alpha value is -1.85. The van der Waals surface area contributed by atoms with Gasteiger partial charge in [0.05, 0.1) is 17.4 Å². The highest BCUT2D eigenvalue weighted by molar-refractivity contribution is 6.30. The van der Waals surface area contributed by atoms with Crippen LogP contribution in [0.5, 0.6) is 0 Å². The van der Waals surface area contributed by atoms with Crippen molar-refractivity contribution in [1.82, 2.24) is 15.0 Å². The third-order valence-electron chi connectivity index (χ3n) is 3.11. The first-order chi connectivity index (χ1) is 9.42. The van der Waals surface area contributed by atoms with Crippen LogP contribution in [0.3, 0.4) is 0 Å². The van der Waals surface area contributed by atoms with E-state index in [1.807, 2.05) is 48.9 Å². The summed E-state index contributed by atoms with van der Waals surface area (Å²) in [6, 6.07) is 7.49. The van der Waals surface area contributed by atoms with Crippen LogP contribution in [0.2, 0.25) is 5.02 Å². The van der Waals surface area contributed by atoms with Gasteiger partial charge >= 0.3 is 0 Å². The number of hydrogen-bond donors (Lipinski definition) is 2. The zero-order valence-corrected chi connectivity index (χ0v) is 12.2. The number of rotatable bonds is 4. The molecular weight excluding hydrogens is 276 g/mol. The van der Waals surface area contributed by atoms with E-state index in [0.717, 1.165) is 11.4 Å². The molecule has 0 unspecified atom stereocenters. The Labute approximate surface area is 122 Å². The number of carbonyl (C=O) groups excluding carboxylic acids is 1. The third kappa shape index (κ3) is 3.18. The molecule has 0 radical (unpaired) electrons. The van der Waals surface area contributed by atoms with Crippen LogP contribution in [0.25, 0.3) is 5.69 Å². The maximum absolute atomic E-state index is 11.7. The van der Waals surface area contributed by atoms with Crippen molar-refractivity contribution in [2.75, 3.05) is 0 Å². The maximum atomic E-state index is 11.7. The SMILES string of the molecule is CC(C)(Cc1cn(-c2cccc(Cl)c2)cn1)C(=O)NN. The lowest BCUT2D eigenvalue weighted by Crippen LogP contribution is -2.42.